The minimum Gasteiger partial charge on any atom is -0.219 e. The van der Waals surface area contributed by atoms with E-state index in [4.69, 9.17) is 0 Å². The second kappa shape index (κ2) is 4.33. The Bertz CT molecular complexity index is 496. The highest BCUT2D eigenvalue weighted by atomic mass is 32.2. The van der Waals surface area contributed by atoms with Crippen LogP contribution in [-0.2, 0) is 9.84 Å². The Morgan fingerprint density at radius 1 is 1.25 bits per heavy atom. The van der Waals surface area contributed by atoms with E-state index in [1.807, 2.05) is 0 Å². The zero-order valence-corrected chi connectivity index (χ0v) is 9.81. The molecular formula is C11H12F2O2S. The number of rotatable bonds is 3. The average molecular weight is 246 g/mol. The van der Waals surface area contributed by atoms with Gasteiger partial charge in [0.2, 0.25) is 9.84 Å². The van der Waals surface area contributed by atoms with Gasteiger partial charge >= 0.3 is 0 Å². The van der Waals surface area contributed by atoms with E-state index in [0.717, 1.165) is 12.1 Å². The molecule has 0 aliphatic carbocycles. The Morgan fingerprint density at radius 3 is 2.00 bits per heavy atom. The molecular weight excluding hydrogens is 234 g/mol. The predicted molar refractivity (Wildman–Crippen MR) is 57.8 cm³/mol. The van der Waals surface area contributed by atoms with Crippen LogP contribution in [0.1, 0.15) is 25.3 Å². The van der Waals surface area contributed by atoms with E-state index in [-0.39, 0.29) is 5.92 Å². The molecule has 0 bridgehead atoms. The first-order chi connectivity index (χ1) is 7.29. The molecule has 0 saturated heterocycles. The fraction of sp³-hybridized carbons (Fsp3) is 0.273. The van der Waals surface area contributed by atoms with Gasteiger partial charge in [-0.15, -0.1) is 0 Å². The molecule has 0 radical (unpaired) electrons. The van der Waals surface area contributed by atoms with Crippen LogP contribution in [0, 0.1) is 11.6 Å². The maximum absolute atomic E-state index is 13.5. The SMILES string of the molecule is C=CS(=O)(=O)c1c(F)cc(C(C)C)cc1F. The van der Waals surface area contributed by atoms with Crippen molar-refractivity contribution < 1.29 is 17.2 Å². The molecule has 0 aliphatic heterocycles. The van der Waals surface area contributed by atoms with Crippen LogP contribution in [0.15, 0.2) is 29.0 Å². The molecule has 0 heterocycles. The number of sulfone groups is 1. The highest BCUT2D eigenvalue weighted by Gasteiger charge is 2.22. The zero-order valence-electron chi connectivity index (χ0n) is 9.00. The summed E-state index contributed by atoms with van der Waals surface area (Å²) in [6, 6.07) is 2.06. The summed E-state index contributed by atoms with van der Waals surface area (Å²) < 4.78 is 49.6. The summed E-state index contributed by atoms with van der Waals surface area (Å²) >= 11 is 0. The number of benzene rings is 1. The van der Waals surface area contributed by atoms with Crippen LogP contribution in [-0.4, -0.2) is 8.42 Å². The van der Waals surface area contributed by atoms with Crippen LogP contribution in [0.4, 0.5) is 8.78 Å². The van der Waals surface area contributed by atoms with Crippen molar-refractivity contribution in [1.82, 2.24) is 0 Å². The fourth-order valence-electron chi connectivity index (χ4n) is 1.27. The number of hydrogen-bond donors (Lipinski definition) is 0. The molecule has 1 aromatic carbocycles. The van der Waals surface area contributed by atoms with Crippen LogP contribution < -0.4 is 0 Å². The molecule has 0 aliphatic rings. The van der Waals surface area contributed by atoms with Crippen LogP contribution in [0.25, 0.3) is 0 Å². The number of hydrogen-bond acceptors (Lipinski definition) is 2. The maximum Gasteiger partial charge on any atom is 0.205 e. The Morgan fingerprint density at radius 2 is 1.69 bits per heavy atom. The second-order valence-electron chi connectivity index (χ2n) is 3.68. The Labute approximate surface area is 93.5 Å². The molecule has 5 heteroatoms. The van der Waals surface area contributed by atoms with Crippen molar-refractivity contribution in [2.45, 2.75) is 24.7 Å². The molecule has 1 rings (SSSR count). The first-order valence-corrected chi connectivity index (χ1v) is 6.20. The summed E-state index contributed by atoms with van der Waals surface area (Å²) in [6.45, 7) is 6.55. The van der Waals surface area contributed by atoms with Gasteiger partial charge in [-0.1, -0.05) is 20.4 Å². The molecule has 0 N–H and O–H groups in total. The summed E-state index contributed by atoms with van der Waals surface area (Å²) in [4.78, 5) is -0.938. The highest BCUT2D eigenvalue weighted by molar-refractivity contribution is 7.94. The second-order valence-corrected chi connectivity index (χ2v) is 5.51. The van der Waals surface area contributed by atoms with Crippen molar-refractivity contribution in [3.8, 4) is 0 Å². The molecule has 0 aromatic heterocycles. The fourth-order valence-corrected chi connectivity index (χ4v) is 2.10. The monoisotopic (exact) mass is 246 g/mol. The minimum atomic E-state index is -4.09. The molecule has 0 atom stereocenters. The maximum atomic E-state index is 13.5. The normalized spacial score (nSPS) is 11.8. The van der Waals surface area contributed by atoms with E-state index in [2.05, 4.69) is 6.58 Å². The van der Waals surface area contributed by atoms with Gasteiger partial charge in [-0.3, -0.25) is 0 Å². The largest absolute Gasteiger partial charge is 0.219 e. The van der Waals surface area contributed by atoms with Crippen molar-refractivity contribution in [3.63, 3.8) is 0 Å². The number of halogens is 2. The van der Waals surface area contributed by atoms with E-state index in [1.54, 1.807) is 13.8 Å². The van der Waals surface area contributed by atoms with Gasteiger partial charge in [-0.2, -0.15) is 0 Å². The molecule has 2 nitrogen and oxygen atoms in total. The van der Waals surface area contributed by atoms with E-state index < -0.39 is 26.4 Å². The van der Waals surface area contributed by atoms with E-state index >= 15 is 0 Å². The predicted octanol–water partition coefficient (Wildman–Crippen LogP) is 3.01. The molecule has 1 aromatic rings. The van der Waals surface area contributed by atoms with Crippen LogP contribution in [0.5, 0.6) is 0 Å². The van der Waals surface area contributed by atoms with Gasteiger partial charge in [-0.05, 0) is 23.6 Å². The zero-order chi connectivity index (χ0) is 12.5. The molecule has 0 saturated carbocycles. The molecule has 0 amide bonds. The smallest absolute Gasteiger partial charge is 0.205 e. The third kappa shape index (κ3) is 2.29. The Hall–Kier alpha value is -1.23. The Kier molecular flexibility index (Phi) is 3.48. The summed E-state index contributed by atoms with van der Waals surface area (Å²) in [7, 11) is -4.09. The minimum absolute atomic E-state index is 0.0792. The molecule has 0 unspecified atom stereocenters. The topological polar surface area (TPSA) is 34.1 Å². The summed E-state index contributed by atoms with van der Waals surface area (Å²) in [5.74, 6) is -2.24. The molecule has 0 spiro atoms. The van der Waals surface area contributed by atoms with Crippen LogP contribution >= 0.6 is 0 Å². The van der Waals surface area contributed by atoms with Gasteiger partial charge in [0.25, 0.3) is 0 Å². The lowest BCUT2D eigenvalue weighted by Gasteiger charge is -2.09. The molecule has 16 heavy (non-hydrogen) atoms. The van der Waals surface area contributed by atoms with Crippen molar-refractivity contribution in [1.29, 1.82) is 0 Å². The lowest BCUT2D eigenvalue weighted by molar-refractivity contribution is 0.518. The van der Waals surface area contributed by atoms with Crippen molar-refractivity contribution in [3.05, 3.63) is 41.3 Å². The lowest BCUT2D eigenvalue weighted by atomic mass is 10.0. The van der Waals surface area contributed by atoms with E-state index in [0.29, 0.717) is 11.0 Å². The first kappa shape index (κ1) is 12.8. The average Bonchev–Trinajstić information content (AvgIpc) is 2.16. The van der Waals surface area contributed by atoms with Crippen LogP contribution in [0.3, 0.4) is 0 Å². The van der Waals surface area contributed by atoms with Crippen LogP contribution in [0.2, 0.25) is 0 Å². The summed E-state index contributed by atoms with van der Waals surface area (Å²) in [6.07, 6.45) is 0. The Balaban J connectivity index is 3.52. The van der Waals surface area contributed by atoms with Crippen molar-refractivity contribution >= 4 is 9.84 Å². The molecule has 0 fully saturated rings. The van der Waals surface area contributed by atoms with E-state index in [1.165, 1.54) is 0 Å². The molecule has 88 valence electrons. The standard InChI is InChI=1S/C11H12F2O2S/c1-4-16(14,15)11-9(12)5-8(7(2)3)6-10(11)13/h4-7H,1H2,2-3H3. The van der Waals surface area contributed by atoms with Gasteiger partial charge in [0, 0.05) is 5.41 Å². The van der Waals surface area contributed by atoms with Crippen molar-refractivity contribution in [2.24, 2.45) is 0 Å². The first-order valence-electron chi connectivity index (χ1n) is 4.66. The quantitative estimate of drug-likeness (QED) is 0.821. The van der Waals surface area contributed by atoms with Gasteiger partial charge in [-0.25, -0.2) is 17.2 Å². The summed E-state index contributed by atoms with van der Waals surface area (Å²) in [5.41, 5.74) is 0.415. The van der Waals surface area contributed by atoms with Gasteiger partial charge < -0.3 is 0 Å². The lowest BCUT2D eigenvalue weighted by Crippen LogP contribution is -2.05. The highest BCUT2D eigenvalue weighted by Crippen LogP contribution is 2.25. The van der Waals surface area contributed by atoms with Gasteiger partial charge in [0.15, 0.2) is 0 Å². The van der Waals surface area contributed by atoms with E-state index in [9.17, 15) is 17.2 Å². The summed E-state index contributed by atoms with van der Waals surface area (Å²) in [5, 5.41) is 0.531. The van der Waals surface area contributed by atoms with Gasteiger partial charge in [0.05, 0.1) is 0 Å². The van der Waals surface area contributed by atoms with Crippen molar-refractivity contribution in [2.75, 3.05) is 0 Å². The van der Waals surface area contributed by atoms with Gasteiger partial charge in [0.1, 0.15) is 16.5 Å². The third-order valence-corrected chi connectivity index (χ3v) is 3.59. The third-order valence-electron chi connectivity index (χ3n) is 2.19.